The van der Waals surface area contributed by atoms with Gasteiger partial charge in [-0.15, -0.1) is 0 Å². The van der Waals surface area contributed by atoms with Crippen molar-refractivity contribution in [1.82, 2.24) is 10.2 Å². The first-order valence-corrected chi connectivity index (χ1v) is 8.80. The number of carbonyl (C=O) groups is 2. The van der Waals surface area contributed by atoms with Crippen LogP contribution in [0.5, 0.6) is 0 Å². The molecule has 1 heterocycles. The van der Waals surface area contributed by atoms with E-state index in [9.17, 15) is 9.59 Å². The van der Waals surface area contributed by atoms with E-state index in [1.165, 1.54) is 43.9 Å². The molecule has 0 aromatic heterocycles. The van der Waals surface area contributed by atoms with Crippen LogP contribution in [0.25, 0.3) is 0 Å². The minimum atomic E-state index is 0.0523. The normalized spacial score (nSPS) is 20.5. The third kappa shape index (κ3) is 4.74. The lowest BCUT2D eigenvalue weighted by atomic mass is 9.86. The van der Waals surface area contributed by atoms with Crippen molar-refractivity contribution in [3.8, 4) is 0 Å². The summed E-state index contributed by atoms with van der Waals surface area (Å²) in [7, 11) is 0. The second-order valence-corrected chi connectivity index (χ2v) is 7.10. The van der Waals surface area contributed by atoms with Gasteiger partial charge in [-0.1, -0.05) is 56.1 Å². The first kappa shape index (κ1) is 15.8. The van der Waals surface area contributed by atoms with Crippen molar-refractivity contribution in [3.63, 3.8) is 0 Å². The highest BCUT2D eigenvalue weighted by Gasteiger charge is 2.25. The number of hydrogen-bond acceptors (Lipinski definition) is 4. The largest absolute Gasteiger partial charge is 0.354 e. The summed E-state index contributed by atoms with van der Waals surface area (Å²) in [6, 6.07) is 0. The van der Waals surface area contributed by atoms with Crippen LogP contribution in [0.1, 0.15) is 44.9 Å². The van der Waals surface area contributed by atoms with Crippen LogP contribution in [0.2, 0.25) is 0 Å². The van der Waals surface area contributed by atoms with Gasteiger partial charge in [-0.25, -0.2) is 0 Å². The molecule has 1 aliphatic heterocycles. The fraction of sp³-hybridized carbons (Fsp3) is 0.786. The van der Waals surface area contributed by atoms with E-state index in [4.69, 9.17) is 12.2 Å². The fourth-order valence-electron chi connectivity index (χ4n) is 2.80. The van der Waals surface area contributed by atoms with E-state index in [0.717, 1.165) is 12.3 Å². The van der Waals surface area contributed by atoms with Gasteiger partial charge in [-0.05, 0) is 12.3 Å². The molecule has 0 bridgehead atoms. The van der Waals surface area contributed by atoms with E-state index in [1.54, 1.807) is 4.90 Å². The number of rotatable bonds is 6. The molecule has 4 nitrogen and oxygen atoms in total. The molecule has 1 N–H and O–H groups in total. The van der Waals surface area contributed by atoms with Crippen molar-refractivity contribution in [2.75, 3.05) is 18.8 Å². The molecule has 0 aromatic carbocycles. The van der Waals surface area contributed by atoms with Crippen molar-refractivity contribution < 1.29 is 9.59 Å². The maximum atomic E-state index is 11.8. The predicted octanol–water partition coefficient (Wildman–Crippen LogP) is 2.32. The molecular formula is C14H22N2O2S2. The molecule has 112 valence electrons. The quantitative estimate of drug-likeness (QED) is 0.765. The molecule has 0 atom stereocenters. The van der Waals surface area contributed by atoms with Crippen LogP contribution in [0.15, 0.2) is 0 Å². The first-order chi connectivity index (χ1) is 9.66. The average Bonchev–Trinajstić information content (AvgIpc) is 2.78. The van der Waals surface area contributed by atoms with Crippen LogP contribution >= 0.6 is 24.0 Å². The van der Waals surface area contributed by atoms with E-state index in [1.807, 2.05) is 0 Å². The molecule has 2 amide bonds. The van der Waals surface area contributed by atoms with Crippen molar-refractivity contribution in [3.05, 3.63) is 0 Å². The van der Waals surface area contributed by atoms with Gasteiger partial charge in [-0.2, -0.15) is 0 Å². The lowest BCUT2D eigenvalue weighted by Crippen LogP contribution is -2.37. The van der Waals surface area contributed by atoms with E-state index in [2.05, 4.69) is 5.32 Å². The Labute approximate surface area is 130 Å². The van der Waals surface area contributed by atoms with Crippen LogP contribution in [0.3, 0.4) is 0 Å². The Bertz CT molecular complexity index is 365. The number of amides is 2. The summed E-state index contributed by atoms with van der Waals surface area (Å²) >= 11 is 6.48. The average molecular weight is 314 g/mol. The molecule has 0 spiro atoms. The molecule has 20 heavy (non-hydrogen) atoms. The zero-order valence-corrected chi connectivity index (χ0v) is 13.4. The van der Waals surface area contributed by atoms with Gasteiger partial charge in [0.15, 0.2) is 0 Å². The minimum Gasteiger partial charge on any atom is -0.354 e. The summed E-state index contributed by atoms with van der Waals surface area (Å²) in [5, 5.41) is 2.89. The summed E-state index contributed by atoms with van der Waals surface area (Å²) < 4.78 is 0.631. The highest BCUT2D eigenvalue weighted by atomic mass is 32.2. The Kier molecular flexibility index (Phi) is 6.29. The van der Waals surface area contributed by atoms with Gasteiger partial charge in [0.1, 0.15) is 4.32 Å². The molecule has 0 radical (unpaired) electrons. The SMILES string of the molecule is O=C(CCC1CCCCC1)NCCN1C(=O)CSC1=S. The monoisotopic (exact) mass is 314 g/mol. The van der Waals surface area contributed by atoms with Crippen LogP contribution in [0, 0.1) is 5.92 Å². The summed E-state index contributed by atoms with van der Waals surface area (Å²) in [4.78, 5) is 24.9. The van der Waals surface area contributed by atoms with Crippen molar-refractivity contribution >= 4 is 40.1 Å². The predicted molar refractivity (Wildman–Crippen MR) is 85.6 cm³/mol. The maximum Gasteiger partial charge on any atom is 0.238 e. The molecule has 2 rings (SSSR count). The second-order valence-electron chi connectivity index (χ2n) is 5.49. The summed E-state index contributed by atoms with van der Waals surface area (Å²) in [6.45, 7) is 0.996. The number of carbonyl (C=O) groups excluding carboxylic acids is 2. The molecule has 1 aliphatic carbocycles. The topological polar surface area (TPSA) is 49.4 Å². The van der Waals surface area contributed by atoms with E-state index < -0.39 is 0 Å². The third-order valence-electron chi connectivity index (χ3n) is 4.00. The van der Waals surface area contributed by atoms with Crippen molar-refractivity contribution in [1.29, 1.82) is 0 Å². The minimum absolute atomic E-state index is 0.0523. The van der Waals surface area contributed by atoms with Crippen LogP contribution in [0.4, 0.5) is 0 Å². The number of thioether (sulfide) groups is 1. The number of hydrogen-bond donors (Lipinski definition) is 1. The second kappa shape index (κ2) is 7.98. The van der Waals surface area contributed by atoms with Crippen LogP contribution in [-0.2, 0) is 9.59 Å². The Hall–Kier alpha value is -0.620. The maximum absolute atomic E-state index is 11.8. The van der Waals surface area contributed by atoms with E-state index in [-0.39, 0.29) is 11.8 Å². The molecule has 0 aromatic rings. The Morgan fingerprint density at radius 1 is 1.35 bits per heavy atom. The van der Waals surface area contributed by atoms with Gasteiger partial charge in [0.2, 0.25) is 11.8 Å². The lowest BCUT2D eigenvalue weighted by Gasteiger charge is -2.21. The van der Waals surface area contributed by atoms with E-state index in [0.29, 0.717) is 29.6 Å². The summed E-state index contributed by atoms with van der Waals surface area (Å²) in [5.41, 5.74) is 0. The number of nitrogens with one attached hydrogen (secondary N) is 1. The first-order valence-electron chi connectivity index (χ1n) is 7.40. The molecule has 2 fully saturated rings. The fourth-order valence-corrected chi connectivity index (χ4v) is 3.93. The van der Waals surface area contributed by atoms with Crippen LogP contribution in [-0.4, -0.2) is 39.9 Å². The van der Waals surface area contributed by atoms with Crippen molar-refractivity contribution in [2.24, 2.45) is 5.92 Å². The highest BCUT2D eigenvalue weighted by molar-refractivity contribution is 8.23. The van der Waals surface area contributed by atoms with Crippen molar-refractivity contribution in [2.45, 2.75) is 44.9 Å². The molecule has 1 saturated carbocycles. The van der Waals surface area contributed by atoms with Crippen LogP contribution < -0.4 is 5.32 Å². The molecule has 6 heteroatoms. The molecule has 0 unspecified atom stereocenters. The number of nitrogens with zero attached hydrogens (tertiary/aromatic N) is 1. The highest BCUT2D eigenvalue weighted by Crippen LogP contribution is 2.27. The van der Waals surface area contributed by atoms with Gasteiger partial charge in [0, 0.05) is 19.5 Å². The summed E-state index contributed by atoms with van der Waals surface area (Å²) in [5.74, 6) is 1.32. The molecule has 2 aliphatic rings. The molecular weight excluding hydrogens is 292 g/mol. The Morgan fingerprint density at radius 2 is 2.10 bits per heavy atom. The standard InChI is InChI=1S/C14H22N2O2S2/c17-12(7-6-11-4-2-1-3-5-11)15-8-9-16-13(18)10-20-14(16)19/h11H,1-10H2,(H,15,17). The van der Waals surface area contributed by atoms with Gasteiger partial charge in [0.05, 0.1) is 5.75 Å². The zero-order chi connectivity index (χ0) is 14.4. The van der Waals surface area contributed by atoms with E-state index >= 15 is 0 Å². The summed E-state index contributed by atoms with van der Waals surface area (Å²) in [6.07, 6.45) is 8.16. The lowest BCUT2D eigenvalue weighted by molar-refractivity contribution is -0.125. The van der Waals surface area contributed by atoms with Gasteiger partial charge < -0.3 is 5.32 Å². The van der Waals surface area contributed by atoms with Gasteiger partial charge >= 0.3 is 0 Å². The third-order valence-corrected chi connectivity index (χ3v) is 5.44. The smallest absolute Gasteiger partial charge is 0.238 e. The molecule has 1 saturated heterocycles. The Morgan fingerprint density at radius 3 is 2.75 bits per heavy atom. The zero-order valence-electron chi connectivity index (χ0n) is 11.7. The Balaban J connectivity index is 1.58. The van der Waals surface area contributed by atoms with Gasteiger partial charge in [-0.3, -0.25) is 14.5 Å². The number of thiocarbonyl (C=S) groups is 1. The van der Waals surface area contributed by atoms with Gasteiger partial charge in [0.25, 0.3) is 0 Å².